The normalized spacial score (nSPS) is 14.0. The summed E-state index contributed by atoms with van der Waals surface area (Å²) < 4.78 is 0. The van der Waals surface area contributed by atoms with Gasteiger partial charge in [-0.05, 0) is 25.9 Å². The molecule has 0 aromatic carbocycles. The molecule has 1 unspecified atom stereocenters. The molecule has 0 spiro atoms. The molecule has 0 saturated heterocycles. The minimum absolute atomic E-state index is 0. The molecule has 26 heavy (non-hydrogen) atoms. The molecule has 1 aliphatic carbocycles. The zero-order chi connectivity index (χ0) is 18.6. The first-order valence-corrected chi connectivity index (χ1v) is 8.89. The van der Waals surface area contributed by atoms with E-state index in [0.717, 1.165) is 38.8 Å². The smallest absolute Gasteiger partial charge is 0.491 e. The van der Waals surface area contributed by atoms with Crippen LogP contribution >= 0.6 is 0 Å². The van der Waals surface area contributed by atoms with Gasteiger partial charge < -0.3 is 30.4 Å². The van der Waals surface area contributed by atoms with E-state index in [0.29, 0.717) is 5.57 Å². The minimum Gasteiger partial charge on any atom is -0.491 e. The number of rotatable bonds is 9. The first kappa shape index (κ1) is 34.4. The van der Waals surface area contributed by atoms with Gasteiger partial charge >= 0.3 is 62.2 Å². The summed E-state index contributed by atoms with van der Waals surface area (Å²) in [6.45, 7) is 11.1. The quantitative estimate of drug-likeness (QED) is 0.244. The third-order valence-electron chi connectivity index (χ3n) is 3.22. The van der Waals surface area contributed by atoms with Crippen LogP contribution in [0.4, 0.5) is 0 Å². The van der Waals surface area contributed by atoms with Gasteiger partial charge in [0.25, 0.3) is 5.97 Å². The topological polar surface area (TPSA) is 89.3 Å². The van der Waals surface area contributed by atoms with Gasteiger partial charge in [-0.3, -0.25) is 10.9 Å². The van der Waals surface area contributed by atoms with E-state index in [4.69, 9.17) is 16.6 Å². The molecule has 5 N–H and O–H groups in total. The third-order valence-corrected chi connectivity index (χ3v) is 3.22. The van der Waals surface area contributed by atoms with Crippen molar-refractivity contribution in [1.29, 1.82) is 0 Å². The molecule has 0 bridgehead atoms. The molecule has 0 fully saturated rings. The second-order valence-electron chi connectivity index (χ2n) is 5.63. The Morgan fingerprint density at radius 3 is 1.81 bits per heavy atom. The Kier molecular flexibility index (Phi) is 37.1. The summed E-state index contributed by atoms with van der Waals surface area (Å²) in [7, 11) is 0. The first-order valence-electron chi connectivity index (χ1n) is 8.89. The van der Waals surface area contributed by atoms with Crippen LogP contribution in [0.25, 0.3) is 0 Å². The van der Waals surface area contributed by atoms with Gasteiger partial charge in [0.2, 0.25) is 0 Å². The zero-order valence-corrected chi connectivity index (χ0v) is 24.6. The Bertz CT molecular complexity index is 331. The van der Waals surface area contributed by atoms with Crippen LogP contribution in [0.1, 0.15) is 58.3 Å². The van der Waals surface area contributed by atoms with E-state index in [-0.39, 0.29) is 68.1 Å². The second-order valence-corrected chi connectivity index (χ2v) is 5.63. The first-order chi connectivity index (χ1) is 11.5. The molecule has 0 aromatic heterocycles. The fourth-order valence-corrected chi connectivity index (χ4v) is 1.70. The molecule has 1 aliphatic rings. The number of nitrogens with two attached hydrogens (primary N) is 2. The van der Waals surface area contributed by atoms with E-state index in [1.54, 1.807) is 6.08 Å². The van der Waals surface area contributed by atoms with Crippen molar-refractivity contribution in [2.24, 2.45) is 17.4 Å². The fraction of sp³-hybridized carbons (Fsp3) is 0.600. The van der Waals surface area contributed by atoms with E-state index >= 15 is 0 Å². The maximum absolute atomic E-state index is 10.3. The predicted octanol–water partition coefficient (Wildman–Crippen LogP) is 3.89. The van der Waals surface area contributed by atoms with Gasteiger partial charge in [-0.25, -0.2) is 18.6 Å². The minimum atomic E-state index is -0.893. The number of unbranched alkanes of at least 4 members (excludes halogenated alkanes) is 6. The standard InChI is InChI=1S/C8H8O2.2C6H14N.2U/c1-6-2-4-7(5-3-6)8(9)10;2*1-2-3-4-5-6-7;;/h2,4-6H,1H3,(H,9,10);2*1-7H2;;/q-2;2*-1;2*+2. The molecule has 4 nitrogen and oxygen atoms in total. The molecule has 0 aliphatic heterocycles. The molecule has 1 atom stereocenters. The van der Waals surface area contributed by atoms with Crippen LogP contribution in [-0.4, -0.2) is 24.2 Å². The van der Waals surface area contributed by atoms with Crippen LogP contribution in [0, 0.1) is 94.5 Å². The van der Waals surface area contributed by atoms with Crippen molar-refractivity contribution in [3.63, 3.8) is 0 Å². The summed E-state index contributed by atoms with van der Waals surface area (Å²) in [6.07, 6.45) is 17.2. The van der Waals surface area contributed by atoms with Gasteiger partial charge in [0.15, 0.2) is 0 Å². The summed E-state index contributed by atoms with van der Waals surface area (Å²) in [5.41, 5.74) is 10.8. The molecule has 0 amide bonds. The Labute approximate surface area is 209 Å². The van der Waals surface area contributed by atoms with Crippen LogP contribution in [0.5, 0.6) is 0 Å². The largest absolute Gasteiger partial charge is 2.00 e. The van der Waals surface area contributed by atoms with Crippen molar-refractivity contribution < 1.29 is 72.1 Å². The van der Waals surface area contributed by atoms with Gasteiger partial charge in [-0.2, -0.15) is 18.8 Å². The predicted molar refractivity (Wildman–Crippen MR) is 103 cm³/mol. The molecule has 1 rings (SSSR count). The van der Waals surface area contributed by atoms with E-state index in [2.05, 4.69) is 19.9 Å². The van der Waals surface area contributed by atoms with Crippen molar-refractivity contribution in [2.75, 3.05) is 13.1 Å². The van der Waals surface area contributed by atoms with E-state index in [1.165, 1.54) is 31.8 Å². The number of carbonyl (C=O) groups is 1. The van der Waals surface area contributed by atoms with Gasteiger partial charge in [0, 0.05) is 0 Å². The molecule has 0 saturated carbocycles. The Morgan fingerprint density at radius 2 is 1.54 bits per heavy atom. The summed E-state index contributed by atoms with van der Waals surface area (Å²) in [5.74, 6) is -0.654. The van der Waals surface area contributed by atoms with Gasteiger partial charge in [0.05, 0.1) is 0 Å². The summed E-state index contributed by atoms with van der Waals surface area (Å²) in [5, 5.41) is 8.46. The van der Waals surface area contributed by atoms with E-state index in [9.17, 15) is 4.79 Å². The molecule has 146 valence electrons. The molecular weight excluding hydrogens is 776 g/mol. The molecule has 0 radical (unpaired) electrons. The van der Waals surface area contributed by atoms with Crippen LogP contribution in [0.15, 0.2) is 17.7 Å². The summed E-state index contributed by atoms with van der Waals surface area (Å²) in [4.78, 5) is 10.3. The number of allylic oxidation sites excluding steroid dienone is 2. The van der Waals surface area contributed by atoms with Crippen molar-refractivity contribution in [1.82, 2.24) is 0 Å². The van der Waals surface area contributed by atoms with Gasteiger partial charge in [-0.1, -0.05) is 32.6 Å². The second kappa shape index (κ2) is 28.1. The number of aliphatic carboxylic acids is 1. The molecule has 0 aromatic rings. The SMILES string of the molecule is CC1[C-]=CC(C(=O)O)=C[CH-]1.[CH2-]CCCCCN.[CH2-]CCCCCN.[U+2].[U+2]. The van der Waals surface area contributed by atoms with Crippen molar-refractivity contribution in [3.05, 3.63) is 44.1 Å². The maximum Gasteiger partial charge on any atom is 2.00 e. The van der Waals surface area contributed by atoms with Crippen molar-refractivity contribution in [3.8, 4) is 0 Å². The third kappa shape index (κ3) is 27.1. The number of carboxylic acids is 1. The van der Waals surface area contributed by atoms with Crippen molar-refractivity contribution in [2.45, 2.75) is 58.3 Å². The van der Waals surface area contributed by atoms with E-state index in [1.807, 2.05) is 13.3 Å². The Balaban J connectivity index is -0.000000138. The summed E-state index contributed by atoms with van der Waals surface area (Å²) in [6, 6.07) is 0. The Morgan fingerprint density at radius 1 is 1.08 bits per heavy atom. The van der Waals surface area contributed by atoms with Crippen LogP contribution < -0.4 is 11.5 Å². The van der Waals surface area contributed by atoms with Gasteiger partial charge in [-0.15, -0.1) is 5.57 Å². The maximum atomic E-state index is 10.3. The average Bonchev–Trinajstić information content (AvgIpc) is 2.57. The fourth-order valence-electron chi connectivity index (χ4n) is 1.70. The summed E-state index contributed by atoms with van der Waals surface area (Å²) >= 11 is 0. The van der Waals surface area contributed by atoms with Gasteiger partial charge in [0.1, 0.15) is 0 Å². The van der Waals surface area contributed by atoms with Crippen LogP contribution in [0.3, 0.4) is 0 Å². The number of hydrogen-bond donors (Lipinski definition) is 3. The molecule has 0 heterocycles. The number of hydrogen-bond acceptors (Lipinski definition) is 3. The van der Waals surface area contributed by atoms with Crippen molar-refractivity contribution >= 4 is 5.97 Å². The monoisotopic (exact) mass is 812 g/mol. The molecular formula is C20H36N2O2U2. The van der Waals surface area contributed by atoms with E-state index < -0.39 is 5.97 Å². The van der Waals surface area contributed by atoms with Crippen LogP contribution in [0.2, 0.25) is 0 Å². The molecule has 6 heteroatoms. The Hall–Kier alpha value is 0.844. The zero-order valence-electron chi connectivity index (χ0n) is 16.3. The average molecular weight is 813 g/mol. The van der Waals surface area contributed by atoms with Crippen LogP contribution in [-0.2, 0) is 4.79 Å². The number of carboxylic acid groups (broad SMARTS) is 1.